The number of likely N-dealkylation sites (N-methyl/N-ethyl adjacent to an activating group) is 1. The molecule has 1 aliphatic carbocycles. The number of amides is 4. The third kappa shape index (κ3) is 1.25. The smallest absolute Gasteiger partial charge is 0.325 e. The number of hydrogen-bond donors (Lipinski definition) is 1. The molecule has 3 aliphatic rings. The quantitative estimate of drug-likeness (QED) is 0.778. The van der Waals surface area contributed by atoms with E-state index in [0.29, 0.717) is 17.8 Å². The molecule has 1 N–H and O–H groups in total. The summed E-state index contributed by atoms with van der Waals surface area (Å²) in [6, 6.07) is 4.92. The van der Waals surface area contributed by atoms with Gasteiger partial charge in [0.2, 0.25) is 5.91 Å². The number of hydrogen-bond acceptors (Lipinski definition) is 3. The lowest BCUT2D eigenvalue weighted by atomic mass is 10.1. The predicted molar refractivity (Wildman–Crippen MR) is 71.4 cm³/mol. The third-order valence-corrected chi connectivity index (χ3v) is 4.42. The Morgan fingerprint density at radius 3 is 2.60 bits per heavy atom. The van der Waals surface area contributed by atoms with Crippen LogP contribution in [0.3, 0.4) is 0 Å². The number of rotatable bonds is 1. The molecule has 1 aromatic carbocycles. The van der Waals surface area contributed by atoms with E-state index in [2.05, 4.69) is 5.32 Å². The maximum Gasteiger partial charge on any atom is 0.332 e. The molecule has 1 saturated heterocycles. The van der Waals surface area contributed by atoms with Crippen molar-refractivity contribution in [1.29, 1.82) is 0 Å². The van der Waals surface area contributed by atoms with Crippen molar-refractivity contribution >= 4 is 29.2 Å². The highest BCUT2D eigenvalue weighted by Crippen LogP contribution is 2.48. The summed E-state index contributed by atoms with van der Waals surface area (Å²) in [5.41, 5.74) is 1.50. The summed E-state index contributed by atoms with van der Waals surface area (Å²) in [4.78, 5) is 38.8. The van der Waals surface area contributed by atoms with E-state index in [4.69, 9.17) is 0 Å². The van der Waals surface area contributed by atoms with Gasteiger partial charge in [-0.3, -0.25) is 9.59 Å². The van der Waals surface area contributed by atoms with Crippen LogP contribution in [0.1, 0.15) is 18.4 Å². The average Bonchev–Trinajstić information content (AvgIpc) is 3.10. The zero-order valence-corrected chi connectivity index (χ0v) is 11.0. The van der Waals surface area contributed by atoms with E-state index in [1.165, 1.54) is 9.80 Å². The van der Waals surface area contributed by atoms with Crippen LogP contribution in [-0.2, 0) is 16.0 Å². The molecule has 6 heteroatoms. The van der Waals surface area contributed by atoms with Crippen molar-refractivity contribution in [3.63, 3.8) is 0 Å². The largest absolute Gasteiger partial charge is 0.332 e. The van der Waals surface area contributed by atoms with Crippen LogP contribution >= 0.6 is 0 Å². The van der Waals surface area contributed by atoms with Crippen LogP contribution in [0.15, 0.2) is 18.2 Å². The van der Waals surface area contributed by atoms with E-state index in [0.717, 1.165) is 18.4 Å². The van der Waals surface area contributed by atoms with E-state index >= 15 is 0 Å². The molecule has 4 amide bonds. The summed E-state index contributed by atoms with van der Waals surface area (Å²) in [5, 5.41) is 2.74. The topological polar surface area (TPSA) is 69.7 Å². The SMILES string of the molecule is CN1C(=O)N(c2ccc3c(c2)NC(=O)C3)C(=O)C12CC2. The van der Waals surface area contributed by atoms with Crippen molar-refractivity contribution < 1.29 is 14.4 Å². The van der Waals surface area contributed by atoms with Gasteiger partial charge in [-0.2, -0.15) is 0 Å². The second kappa shape index (κ2) is 3.39. The van der Waals surface area contributed by atoms with Gasteiger partial charge < -0.3 is 10.2 Å². The molecule has 1 spiro atoms. The number of carbonyl (C=O) groups excluding carboxylic acids is 3. The maximum absolute atomic E-state index is 12.5. The highest BCUT2D eigenvalue weighted by atomic mass is 16.2. The molecule has 0 radical (unpaired) electrons. The number of anilines is 2. The normalized spacial score (nSPS) is 22.6. The Labute approximate surface area is 115 Å². The monoisotopic (exact) mass is 271 g/mol. The Balaban J connectivity index is 1.75. The van der Waals surface area contributed by atoms with Crippen LogP contribution in [0, 0.1) is 0 Å². The first-order valence-electron chi connectivity index (χ1n) is 6.58. The summed E-state index contributed by atoms with van der Waals surface area (Å²) in [6.07, 6.45) is 1.81. The molecule has 0 unspecified atom stereocenters. The van der Waals surface area contributed by atoms with Gasteiger partial charge in [0, 0.05) is 12.7 Å². The molecule has 1 saturated carbocycles. The van der Waals surface area contributed by atoms with E-state index in [9.17, 15) is 14.4 Å². The lowest BCUT2D eigenvalue weighted by Gasteiger charge is -2.15. The van der Waals surface area contributed by atoms with Crippen molar-refractivity contribution in [2.75, 3.05) is 17.3 Å². The van der Waals surface area contributed by atoms with E-state index in [-0.39, 0.29) is 17.8 Å². The van der Waals surface area contributed by atoms with Crippen molar-refractivity contribution in [3.8, 4) is 0 Å². The molecule has 2 fully saturated rings. The average molecular weight is 271 g/mol. The predicted octanol–water partition coefficient (Wildman–Crippen LogP) is 1.11. The zero-order chi connectivity index (χ0) is 14.1. The fourth-order valence-corrected chi connectivity index (χ4v) is 3.01. The Morgan fingerprint density at radius 2 is 1.95 bits per heavy atom. The van der Waals surface area contributed by atoms with Crippen molar-refractivity contribution in [2.45, 2.75) is 24.8 Å². The molecule has 4 rings (SSSR count). The molecule has 20 heavy (non-hydrogen) atoms. The van der Waals surface area contributed by atoms with Gasteiger partial charge >= 0.3 is 6.03 Å². The van der Waals surface area contributed by atoms with Crippen LogP contribution in [-0.4, -0.2) is 35.3 Å². The molecule has 1 aromatic rings. The van der Waals surface area contributed by atoms with E-state index < -0.39 is 5.54 Å². The van der Waals surface area contributed by atoms with Gasteiger partial charge in [0.25, 0.3) is 5.91 Å². The number of urea groups is 1. The standard InChI is InChI=1S/C14H13N3O3/c1-16-13(20)17(12(19)14(16)4-5-14)9-3-2-8-6-11(18)15-10(8)7-9/h2-3,7H,4-6H2,1H3,(H,15,18). The van der Waals surface area contributed by atoms with E-state index in [1.54, 1.807) is 25.2 Å². The Kier molecular flexibility index (Phi) is 1.94. The van der Waals surface area contributed by atoms with Gasteiger partial charge in [-0.1, -0.05) is 6.07 Å². The number of nitrogens with one attached hydrogen (secondary N) is 1. The Morgan fingerprint density at radius 1 is 1.20 bits per heavy atom. The van der Waals surface area contributed by atoms with Crippen molar-refractivity contribution in [1.82, 2.24) is 4.90 Å². The van der Waals surface area contributed by atoms with Crippen molar-refractivity contribution in [2.24, 2.45) is 0 Å². The fraction of sp³-hybridized carbons (Fsp3) is 0.357. The minimum atomic E-state index is -0.612. The summed E-state index contributed by atoms with van der Waals surface area (Å²) < 4.78 is 0. The second-order valence-electron chi connectivity index (χ2n) is 5.58. The first kappa shape index (κ1) is 11.5. The number of nitrogens with zero attached hydrogens (tertiary/aromatic N) is 2. The third-order valence-electron chi connectivity index (χ3n) is 4.42. The van der Waals surface area contributed by atoms with Crippen LogP contribution in [0.2, 0.25) is 0 Å². The van der Waals surface area contributed by atoms with Gasteiger partial charge in [0.15, 0.2) is 0 Å². The van der Waals surface area contributed by atoms with Gasteiger partial charge in [0.05, 0.1) is 12.1 Å². The van der Waals surface area contributed by atoms with Gasteiger partial charge in [-0.05, 0) is 30.5 Å². The number of benzene rings is 1. The van der Waals surface area contributed by atoms with Crippen LogP contribution < -0.4 is 10.2 Å². The van der Waals surface area contributed by atoms with E-state index in [1.807, 2.05) is 0 Å². The van der Waals surface area contributed by atoms with Gasteiger partial charge in [0.1, 0.15) is 5.54 Å². The lowest BCUT2D eigenvalue weighted by molar-refractivity contribution is -0.120. The summed E-state index contributed by atoms with van der Waals surface area (Å²) >= 11 is 0. The molecular weight excluding hydrogens is 258 g/mol. The van der Waals surface area contributed by atoms with Gasteiger partial charge in [-0.25, -0.2) is 9.69 Å². The molecule has 0 bridgehead atoms. The second-order valence-corrected chi connectivity index (χ2v) is 5.58. The minimum absolute atomic E-state index is 0.0630. The lowest BCUT2D eigenvalue weighted by Crippen LogP contribution is -2.33. The number of fused-ring (bicyclic) bond motifs is 1. The summed E-state index contributed by atoms with van der Waals surface area (Å²) in [6.45, 7) is 0. The van der Waals surface area contributed by atoms with Crippen LogP contribution in [0.25, 0.3) is 0 Å². The molecule has 0 aromatic heterocycles. The van der Waals surface area contributed by atoms with Crippen LogP contribution in [0.4, 0.5) is 16.2 Å². The van der Waals surface area contributed by atoms with Crippen LogP contribution in [0.5, 0.6) is 0 Å². The maximum atomic E-state index is 12.5. The highest BCUT2D eigenvalue weighted by molar-refractivity contribution is 6.24. The zero-order valence-electron chi connectivity index (χ0n) is 11.0. The molecular formula is C14H13N3O3. The van der Waals surface area contributed by atoms with Crippen molar-refractivity contribution in [3.05, 3.63) is 23.8 Å². The van der Waals surface area contributed by atoms with Gasteiger partial charge in [-0.15, -0.1) is 0 Å². The number of carbonyl (C=O) groups is 3. The molecule has 2 aliphatic heterocycles. The summed E-state index contributed by atoms with van der Waals surface area (Å²) in [5.74, 6) is -0.221. The molecule has 102 valence electrons. The molecule has 0 atom stereocenters. The number of imide groups is 1. The first-order chi connectivity index (χ1) is 9.53. The highest BCUT2D eigenvalue weighted by Gasteiger charge is 2.63. The summed E-state index contributed by atoms with van der Waals surface area (Å²) in [7, 11) is 1.67. The fourth-order valence-electron chi connectivity index (χ4n) is 3.01. The minimum Gasteiger partial charge on any atom is -0.325 e. The Bertz CT molecular complexity index is 678. The first-order valence-corrected chi connectivity index (χ1v) is 6.58. The molecule has 6 nitrogen and oxygen atoms in total. The Hall–Kier alpha value is -2.37. The molecule has 2 heterocycles.